The van der Waals surface area contributed by atoms with Crippen molar-refractivity contribution in [2.45, 2.75) is 31.9 Å². The number of rotatable bonds is 2. The van der Waals surface area contributed by atoms with E-state index < -0.39 is 18.0 Å². The summed E-state index contributed by atoms with van der Waals surface area (Å²) >= 11 is 1.40. The fraction of sp³-hybridized carbons (Fsp3) is 0.583. The van der Waals surface area contributed by atoms with Crippen LogP contribution in [0, 0.1) is 11.8 Å². The summed E-state index contributed by atoms with van der Waals surface area (Å²) in [6.45, 7) is 0. The summed E-state index contributed by atoms with van der Waals surface area (Å²) in [4.78, 5) is 12.0. The molecule has 1 nitrogen and oxygen atoms in total. The van der Waals surface area contributed by atoms with E-state index in [0.717, 1.165) is 0 Å². The van der Waals surface area contributed by atoms with Crippen molar-refractivity contribution < 1.29 is 18.0 Å². The van der Waals surface area contributed by atoms with E-state index in [1.165, 1.54) is 11.3 Å². The molecule has 1 heterocycles. The van der Waals surface area contributed by atoms with Crippen LogP contribution >= 0.6 is 11.3 Å². The lowest BCUT2D eigenvalue weighted by Crippen LogP contribution is -2.31. The van der Waals surface area contributed by atoms with Gasteiger partial charge in [-0.25, -0.2) is 0 Å². The summed E-state index contributed by atoms with van der Waals surface area (Å²) in [5, 5.41) is 3.48. The molecular formula is C12H13F3OS. The number of hydrogen-bond donors (Lipinski definition) is 0. The molecule has 17 heavy (non-hydrogen) atoms. The molecule has 0 saturated heterocycles. The average molecular weight is 262 g/mol. The Kier molecular flexibility index (Phi) is 3.56. The van der Waals surface area contributed by atoms with Crippen molar-refractivity contribution in [1.82, 2.24) is 0 Å². The number of carbonyl (C=O) groups excluding carboxylic acids is 1. The third-order valence-corrected chi connectivity index (χ3v) is 4.00. The van der Waals surface area contributed by atoms with Crippen molar-refractivity contribution in [3.8, 4) is 0 Å². The molecule has 0 aromatic carbocycles. The van der Waals surface area contributed by atoms with E-state index in [1.807, 2.05) is 0 Å². The number of carbonyl (C=O) groups is 1. The number of Topliss-reactive ketones (excluding diaryl/α,β-unsaturated/α-hetero) is 1. The highest BCUT2D eigenvalue weighted by molar-refractivity contribution is 7.08. The van der Waals surface area contributed by atoms with Crippen LogP contribution in [0.25, 0.3) is 0 Å². The van der Waals surface area contributed by atoms with Crippen LogP contribution in [0.1, 0.15) is 36.0 Å². The van der Waals surface area contributed by atoms with Crippen LogP contribution in [-0.2, 0) is 0 Å². The number of ketones is 1. The maximum Gasteiger partial charge on any atom is 0.391 e. The summed E-state index contributed by atoms with van der Waals surface area (Å²) in [6.07, 6.45) is -2.96. The zero-order chi connectivity index (χ0) is 12.5. The molecule has 0 radical (unpaired) electrons. The number of thiophene rings is 1. The summed E-state index contributed by atoms with van der Waals surface area (Å²) in [7, 11) is 0. The first-order chi connectivity index (χ1) is 7.98. The van der Waals surface area contributed by atoms with Gasteiger partial charge < -0.3 is 0 Å². The molecule has 0 bridgehead atoms. The van der Waals surface area contributed by atoms with Gasteiger partial charge in [0.25, 0.3) is 0 Å². The second-order valence-electron chi connectivity index (χ2n) is 4.48. The van der Waals surface area contributed by atoms with Gasteiger partial charge in [0.05, 0.1) is 5.92 Å². The molecular weight excluding hydrogens is 249 g/mol. The van der Waals surface area contributed by atoms with Crippen LogP contribution in [0.15, 0.2) is 16.8 Å². The largest absolute Gasteiger partial charge is 0.391 e. The first-order valence-electron chi connectivity index (χ1n) is 5.61. The Morgan fingerprint density at radius 2 is 2.12 bits per heavy atom. The van der Waals surface area contributed by atoms with Crippen molar-refractivity contribution in [2.75, 3.05) is 0 Å². The van der Waals surface area contributed by atoms with Gasteiger partial charge in [-0.05, 0) is 30.7 Å². The van der Waals surface area contributed by atoms with Gasteiger partial charge in [-0.1, -0.05) is 6.42 Å². The minimum atomic E-state index is -4.16. The SMILES string of the molecule is O=C(c1ccsc1)C1CCCC(C(F)(F)F)C1. The first-order valence-corrected chi connectivity index (χ1v) is 6.56. The molecule has 2 unspecified atom stereocenters. The van der Waals surface area contributed by atoms with Crippen molar-refractivity contribution in [3.05, 3.63) is 22.4 Å². The van der Waals surface area contributed by atoms with E-state index in [1.54, 1.807) is 16.8 Å². The van der Waals surface area contributed by atoms with Gasteiger partial charge >= 0.3 is 6.18 Å². The Bertz CT molecular complexity index is 383. The number of hydrogen-bond acceptors (Lipinski definition) is 2. The second-order valence-corrected chi connectivity index (χ2v) is 5.26. The van der Waals surface area contributed by atoms with Crippen LogP contribution in [0.4, 0.5) is 13.2 Å². The average Bonchev–Trinajstić information content (AvgIpc) is 2.80. The molecule has 0 aliphatic heterocycles. The van der Waals surface area contributed by atoms with Gasteiger partial charge in [0.2, 0.25) is 0 Å². The van der Waals surface area contributed by atoms with Gasteiger partial charge in [0.15, 0.2) is 5.78 Å². The van der Waals surface area contributed by atoms with E-state index in [0.29, 0.717) is 18.4 Å². The molecule has 0 spiro atoms. The highest BCUT2D eigenvalue weighted by Crippen LogP contribution is 2.40. The zero-order valence-corrected chi connectivity index (χ0v) is 9.98. The van der Waals surface area contributed by atoms with E-state index in [-0.39, 0.29) is 18.6 Å². The van der Waals surface area contributed by atoms with E-state index in [2.05, 4.69) is 0 Å². The molecule has 1 fully saturated rings. The molecule has 5 heteroatoms. The Hall–Kier alpha value is -0.840. The summed E-state index contributed by atoms with van der Waals surface area (Å²) < 4.78 is 37.8. The predicted octanol–water partition coefficient (Wildman–Crippen LogP) is 4.30. The van der Waals surface area contributed by atoms with Crippen molar-refractivity contribution in [3.63, 3.8) is 0 Å². The maximum atomic E-state index is 12.6. The fourth-order valence-electron chi connectivity index (χ4n) is 2.37. The van der Waals surface area contributed by atoms with E-state index in [9.17, 15) is 18.0 Å². The van der Waals surface area contributed by atoms with Crippen LogP contribution in [0.2, 0.25) is 0 Å². The van der Waals surface area contributed by atoms with E-state index in [4.69, 9.17) is 0 Å². The van der Waals surface area contributed by atoms with Crippen molar-refractivity contribution >= 4 is 17.1 Å². The summed E-state index contributed by atoms with van der Waals surface area (Å²) in [5.74, 6) is -1.88. The minimum Gasteiger partial charge on any atom is -0.294 e. The molecule has 94 valence electrons. The Morgan fingerprint density at radius 3 is 2.71 bits per heavy atom. The molecule has 1 aliphatic rings. The number of alkyl halides is 3. The van der Waals surface area contributed by atoms with Gasteiger partial charge in [0.1, 0.15) is 0 Å². The predicted molar refractivity (Wildman–Crippen MR) is 60.2 cm³/mol. The monoisotopic (exact) mass is 262 g/mol. The minimum absolute atomic E-state index is 0.0435. The van der Waals surface area contributed by atoms with Gasteiger partial charge in [-0.15, -0.1) is 0 Å². The highest BCUT2D eigenvalue weighted by Gasteiger charge is 2.43. The first kappa shape index (κ1) is 12.6. The summed E-state index contributed by atoms with van der Waals surface area (Å²) in [6, 6.07) is 1.68. The molecule has 0 amide bonds. The Labute approximate surface area is 102 Å². The third-order valence-electron chi connectivity index (χ3n) is 3.31. The smallest absolute Gasteiger partial charge is 0.294 e. The molecule has 1 aromatic heterocycles. The van der Waals surface area contributed by atoms with Gasteiger partial charge in [-0.2, -0.15) is 24.5 Å². The topological polar surface area (TPSA) is 17.1 Å². The maximum absolute atomic E-state index is 12.6. The van der Waals surface area contributed by atoms with Gasteiger partial charge in [-0.3, -0.25) is 4.79 Å². The molecule has 2 atom stereocenters. The lowest BCUT2D eigenvalue weighted by atomic mass is 9.78. The van der Waals surface area contributed by atoms with E-state index >= 15 is 0 Å². The lowest BCUT2D eigenvalue weighted by Gasteiger charge is -2.29. The Morgan fingerprint density at radius 1 is 1.35 bits per heavy atom. The quantitative estimate of drug-likeness (QED) is 0.726. The van der Waals surface area contributed by atoms with Crippen LogP contribution in [0.3, 0.4) is 0 Å². The molecule has 1 aliphatic carbocycles. The standard InChI is InChI=1S/C12H13F3OS/c13-12(14,15)10-3-1-2-8(6-10)11(16)9-4-5-17-7-9/h4-5,7-8,10H,1-3,6H2. The normalized spacial score (nSPS) is 25.8. The van der Waals surface area contributed by atoms with Crippen LogP contribution < -0.4 is 0 Å². The highest BCUT2D eigenvalue weighted by atomic mass is 32.1. The molecule has 2 rings (SSSR count). The van der Waals surface area contributed by atoms with Crippen molar-refractivity contribution in [1.29, 1.82) is 0 Å². The van der Waals surface area contributed by atoms with Gasteiger partial charge in [0, 0.05) is 16.9 Å². The van der Waals surface area contributed by atoms with Crippen molar-refractivity contribution in [2.24, 2.45) is 11.8 Å². The third kappa shape index (κ3) is 2.89. The second kappa shape index (κ2) is 4.80. The fourth-order valence-corrected chi connectivity index (χ4v) is 3.01. The Balaban J connectivity index is 2.05. The molecule has 0 N–H and O–H groups in total. The number of halogens is 3. The molecule has 1 saturated carbocycles. The zero-order valence-electron chi connectivity index (χ0n) is 9.17. The molecule has 1 aromatic rings. The van der Waals surface area contributed by atoms with Crippen LogP contribution in [-0.4, -0.2) is 12.0 Å². The lowest BCUT2D eigenvalue weighted by molar-refractivity contribution is -0.184. The summed E-state index contributed by atoms with van der Waals surface area (Å²) in [5.41, 5.74) is 0.558. The van der Waals surface area contributed by atoms with Crippen LogP contribution in [0.5, 0.6) is 0 Å².